The molecule has 9 rings (SSSR count). The molecule has 328 valence electrons. The van der Waals surface area contributed by atoms with E-state index in [1.165, 1.54) is 4.90 Å². The second-order valence-corrected chi connectivity index (χ2v) is 17.7. The highest BCUT2D eigenvalue weighted by molar-refractivity contribution is 7.13. The molecule has 3 aromatic carbocycles. The Labute approximate surface area is 373 Å². The largest absolute Gasteiger partial charge is 0.507 e. The van der Waals surface area contributed by atoms with Gasteiger partial charge in [-0.1, -0.05) is 55.4 Å². The van der Waals surface area contributed by atoms with Crippen LogP contribution >= 0.6 is 11.3 Å². The molecule has 2 saturated heterocycles. The molecule has 2 aliphatic heterocycles. The Kier molecular flexibility index (Phi) is 11.5. The number of ether oxygens (including phenoxy) is 1. The zero-order chi connectivity index (χ0) is 44.7. The third kappa shape index (κ3) is 8.01. The van der Waals surface area contributed by atoms with Gasteiger partial charge in [0.1, 0.15) is 28.6 Å². The van der Waals surface area contributed by atoms with Crippen molar-refractivity contribution in [1.29, 1.82) is 0 Å². The van der Waals surface area contributed by atoms with Crippen molar-refractivity contribution in [3.63, 3.8) is 0 Å². The first-order valence-electron chi connectivity index (χ1n) is 21.1. The van der Waals surface area contributed by atoms with Crippen molar-refractivity contribution in [3.05, 3.63) is 113 Å². The topological polar surface area (TPSA) is 205 Å². The number of phenolic OH excluding ortho intramolecular Hbond substituents is 1. The first kappa shape index (κ1) is 42.5. The molecular formula is C47H48N10O6S. The van der Waals surface area contributed by atoms with E-state index in [1.807, 2.05) is 74.8 Å². The molecule has 2 amide bonds. The zero-order valence-corrected chi connectivity index (χ0v) is 36.8. The van der Waals surface area contributed by atoms with E-state index in [1.54, 1.807) is 56.0 Å². The van der Waals surface area contributed by atoms with E-state index in [4.69, 9.17) is 9.26 Å². The number of hydrogen-bond acceptors (Lipinski definition) is 15. The molecule has 0 bridgehead atoms. The number of methoxy groups -OCH3 is 1. The Bertz CT molecular complexity index is 2830. The van der Waals surface area contributed by atoms with Crippen molar-refractivity contribution in [2.24, 2.45) is 5.92 Å². The molecule has 0 unspecified atom stereocenters. The van der Waals surface area contributed by atoms with E-state index in [0.717, 1.165) is 38.4 Å². The molecular weight excluding hydrogens is 833 g/mol. The van der Waals surface area contributed by atoms with E-state index < -0.39 is 23.5 Å². The van der Waals surface area contributed by atoms with Crippen LogP contribution in [0, 0.1) is 12.8 Å². The maximum atomic E-state index is 14.5. The summed E-state index contributed by atoms with van der Waals surface area (Å²) < 4.78 is 11.7. The fourth-order valence-corrected chi connectivity index (χ4v) is 9.22. The fraction of sp³-hybridized carbons (Fsp3) is 0.319. The third-order valence-corrected chi connectivity index (χ3v) is 13.6. The van der Waals surface area contributed by atoms with Crippen molar-refractivity contribution >= 4 is 40.0 Å². The van der Waals surface area contributed by atoms with Crippen LogP contribution in [0.3, 0.4) is 0 Å². The predicted molar refractivity (Wildman–Crippen MR) is 241 cm³/mol. The van der Waals surface area contributed by atoms with Crippen LogP contribution in [-0.2, 0) is 21.5 Å². The maximum Gasteiger partial charge on any atom is 0.256 e. The number of hydrogen-bond donors (Lipinski definition) is 4. The van der Waals surface area contributed by atoms with Gasteiger partial charge in [0, 0.05) is 85.1 Å². The number of carbonyl (C=O) groups excluding carboxylic acids is 2. The first-order chi connectivity index (χ1) is 30.9. The lowest BCUT2D eigenvalue weighted by Crippen LogP contribution is -2.55. The van der Waals surface area contributed by atoms with E-state index in [-0.39, 0.29) is 36.5 Å². The van der Waals surface area contributed by atoms with Crippen LogP contribution < -0.4 is 20.5 Å². The second-order valence-electron chi connectivity index (χ2n) is 16.9. The Morgan fingerprint density at radius 2 is 1.73 bits per heavy atom. The number of aliphatic hydroxyl groups is 1. The van der Waals surface area contributed by atoms with Crippen LogP contribution in [0.1, 0.15) is 55.7 Å². The van der Waals surface area contributed by atoms with Crippen molar-refractivity contribution in [2.75, 3.05) is 31.6 Å². The number of nitrogens with one attached hydrogen (secondary N) is 2. The molecule has 4 aromatic heterocycles. The summed E-state index contributed by atoms with van der Waals surface area (Å²) in [5.41, 5.74) is 13.4. The Hall–Kier alpha value is -6.82. The summed E-state index contributed by atoms with van der Waals surface area (Å²) in [5, 5.41) is 35.1. The molecule has 0 aliphatic carbocycles. The monoisotopic (exact) mass is 880 g/mol. The molecule has 4 N–H and O–H groups in total. The SMILES string of the molecule is COc1cc2nnc(-c3ccccc3O)cc2cc1C1CN(c2ncc(-c3cc([C@](C)(C(=O)N4C[C@H](O)C[C@H]4C(=O)NNCc4ccc(-c5scnc5C)cc4)C(C)C)on3)cn2)C1. The van der Waals surface area contributed by atoms with Crippen molar-refractivity contribution in [2.45, 2.75) is 64.1 Å². The minimum Gasteiger partial charge on any atom is -0.507 e. The summed E-state index contributed by atoms with van der Waals surface area (Å²) in [6.07, 6.45) is 2.60. The number of anilines is 1. The minimum atomic E-state index is -1.21. The number of likely N-dealkylation sites (tertiary alicyclic amines) is 1. The van der Waals surface area contributed by atoms with Gasteiger partial charge in [-0.05, 0) is 55.2 Å². The number of aryl methyl sites for hydroxylation is 1. The number of phenols is 1. The van der Waals surface area contributed by atoms with Crippen LogP contribution in [-0.4, -0.2) is 96.1 Å². The smallest absolute Gasteiger partial charge is 0.256 e. The standard InChI is InChI=1S/C47H48N10O6S/c1-26(2)47(4,45(61)57-24-33(58)16-39(57)44(60)54-51-19-28-10-12-29(13-11-28)43-27(3)50-25-64-43)42-18-37(55-63-42)31-20-48-46(49-21-31)56-22-32(23-56)35-14-30-15-38(34-8-6-7-9-40(34)59)53-52-36(30)17-41(35)62-5/h6-15,17-18,20-21,25-26,32-33,39,51,58-59H,16,19,22-24H2,1-5H3,(H,54,60)/t33-,39+,47-/m1/s1. The molecule has 64 heavy (non-hydrogen) atoms. The highest BCUT2D eigenvalue weighted by Gasteiger charge is 2.50. The van der Waals surface area contributed by atoms with Gasteiger partial charge in [0.25, 0.3) is 5.91 Å². The second kappa shape index (κ2) is 17.4. The summed E-state index contributed by atoms with van der Waals surface area (Å²) in [6.45, 7) is 9.30. The van der Waals surface area contributed by atoms with Crippen molar-refractivity contribution in [3.8, 4) is 44.5 Å². The van der Waals surface area contributed by atoms with Crippen LogP contribution in [0.25, 0.3) is 43.9 Å². The number of aromatic hydroxyl groups is 1. The summed E-state index contributed by atoms with van der Waals surface area (Å²) in [5.74, 6) is 0.878. The summed E-state index contributed by atoms with van der Waals surface area (Å²) in [4.78, 5) is 46.3. The van der Waals surface area contributed by atoms with Gasteiger partial charge in [-0.3, -0.25) is 15.0 Å². The lowest BCUT2D eigenvalue weighted by atomic mass is 9.75. The summed E-state index contributed by atoms with van der Waals surface area (Å²) in [6, 6.07) is 21.8. The Morgan fingerprint density at radius 1 is 0.969 bits per heavy atom. The number of carbonyl (C=O) groups is 2. The number of aliphatic hydroxyl groups excluding tert-OH is 1. The predicted octanol–water partition coefficient (Wildman–Crippen LogP) is 6.19. The van der Waals surface area contributed by atoms with Crippen LogP contribution in [0.15, 0.2) is 95.2 Å². The summed E-state index contributed by atoms with van der Waals surface area (Å²) >= 11 is 1.59. The lowest BCUT2D eigenvalue weighted by molar-refractivity contribution is -0.145. The highest BCUT2D eigenvalue weighted by Crippen LogP contribution is 2.40. The molecule has 3 atom stereocenters. The van der Waals surface area contributed by atoms with E-state index >= 15 is 0 Å². The number of aromatic nitrogens is 6. The van der Waals surface area contributed by atoms with Gasteiger partial charge in [0.05, 0.1) is 40.5 Å². The number of hydrazine groups is 1. The Balaban J connectivity index is 0.843. The number of para-hydroxylation sites is 1. The highest BCUT2D eigenvalue weighted by atomic mass is 32.1. The average molecular weight is 881 g/mol. The molecule has 16 nitrogen and oxygen atoms in total. The van der Waals surface area contributed by atoms with Gasteiger partial charge < -0.3 is 29.3 Å². The first-order valence-corrected chi connectivity index (χ1v) is 22.0. The molecule has 0 saturated carbocycles. The number of rotatable bonds is 13. The lowest BCUT2D eigenvalue weighted by Gasteiger charge is -2.40. The minimum absolute atomic E-state index is 0.00819. The van der Waals surface area contributed by atoms with Crippen molar-refractivity contribution < 1.29 is 29.1 Å². The van der Waals surface area contributed by atoms with Gasteiger partial charge in [-0.15, -0.1) is 21.5 Å². The zero-order valence-electron chi connectivity index (χ0n) is 36.0. The molecule has 0 spiro atoms. The number of β-amino-alcohol motifs (C(OH)–C–C–N with tert-alkyl or cyclic N) is 1. The van der Waals surface area contributed by atoms with E-state index in [0.29, 0.717) is 59.4 Å². The van der Waals surface area contributed by atoms with E-state index in [9.17, 15) is 19.8 Å². The number of amides is 2. The molecule has 17 heteroatoms. The molecule has 7 aromatic rings. The van der Waals surface area contributed by atoms with Crippen molar-refractivity contribution in [1.82, 2.24) is 46.1 Å². The molecule has 0 radical (unpaired) electrons. The normalized spacial score (nSPS) is 17.4. The third-order valence-electron chi connectivity index (χ3n) is 12.6. The molecule has 2 aliphatic rings. The number of fused-ring (bicyclic) bond motifs is 1. The summed E-state index contributed by atoms with van der Waals surface area (Å²) in [7, 11) is 1.64. The van der Waals surface area contributed by atoms with Gasteiger partial charge in [-0.25, -0.2) is 20.4 Å². The van der Waals surface area contributed by atoms with Crippen LogP contribution in [0.2, 0.25) is 0 Å². The molecule has 6 heterocycles. The molecule has 2 fully saturated rings. The number of benzene rings is 3. The van der Waals surface area contributed by atoms with Crippen LogP contribution in [0.5, 0.6) is 11.5 Å². The van der Waals surface area contributed by atoms with Gasteiger partial charge in [-0.2, -0.15) is 0 Å². The van der Waals surface area contributed by atoms with Crippen LogP contribution in [0.4, 0.5) is 5.95 Å². The number of thiazole rings is 1. The van der Waals surface area contributed by atoms with E-state index in [2.05, 4.69) is 52.1 Å². The van der Waals surface area contributed by atoms with Gasteiger partial charge in [0.2, 0.25) is 11.9 Å². The van der Waals surface area contributed by atoms with Gasteiger partial charge >= 0.3 is 0 Å². The van der Waals surface area contributed by atoms with Gasteiger partial charge in [0.15, 0.2) is 5.76 Å². The maximum absolute atomic E-state index is 14.5. The quantitative estimate of drug-likeness (QED) is 0.0955. The fourth-order valence-electron chi connectivity index (χ4n) is 8.41. The number of nitrogens with zero attached hydrogens (tertiary/aromatic N) is 8. The average Bonchev–Trinajstić information content (AvgIpc) is 4.06. The Morgan fingerprint density at radius 3 is 2.44 bits per heavy atom.